The molecule has 1 heterocycles. The summed E-state index contributed by atoms with van der Waals surface area (Å²) in [5.41, 5.74) is 3.86. The molecule has 0 fully saturated rings. The molecule has 124 valence electrons. The lowest BCUT2D eigenvalue weighted by Gasteiger charge is -2.44. The third kappa shape index (κ3) is 3.17. The molecule has 0 aliphatic carbocycles. The normalized spacial score (nSPS) is 17.5. The van der Waals surface area contributed by atoms with Crippen LogP contribution in [0.1, 0.15) is 25.0 Å². The van der Waals surface area contributed by atoms with Gasteiger partial charge in [0.15, 0.2) is 0 Å². The summed E-state index contributed by atoms with van der Waals surface area (Å²) in [7, 11) is 2.03. The second-order valence-electron chi connectivity index (χ2n) is 6.70. The van der Waals surface area contributed by atoms with Gasteiger partial charge in [0.25, 0.3) is 5.91 Å². The zero-order chi connectivity index (χ0) is 17.3. The molecule has 0 aromatic heterocycles. The van der Waals surface area contributed by atoms with Gasteiger partial charge in [-0.25, -0.2) is 0 Å². The van der Waals surface area contributed by atoms with Crippen LogP contribution in [0, 0.1) is 0 Å². The van der Waals surface area contributed by atoms with E-state index in [1.54, 1.807) is 18.2 Å². The van der Waals surface area contributed by atoms with Crippen LogP contribution in [0.3, 0.4) is 0 Å². The van der Waals surface area contributed by atoms with Crippen molar-refractivity contribution in [2.24, 2.45) is 0 Å². The van der Waals surface area contributed by atoms with Crippen molar-refractivity contribution in [1.29, 1.82) is 0 Å². The van der Waals surface area contributed by atoms with Gasteiger partial charge in [0.2, 0.25) is 0 Å². The molecular formula is C20H21ClN2O. The Bertz CT molecular complexity index is 811. The van der Waals surface area contributed by atoms with E-state index in [9.17, 15) is 4.79 Å². The topological polar surface area (TPSA) is 32.3 Å². The Kier molecular flexibility index (Phi) is 4.37. The Morgan fingerprint density at radius 3 is 2.58 bits per heavy atom. The molecule has 1 aliphatic rings. The highest BCUT2D eigenvalue weighted by atomic mass is 35.5. The quantitative estimate of drug-likeness (QED) is 0.811. The first-order valence-corrected chi connectivity index (χ1v) is 8.35. The highest BCUT2D eigenvalue weighted by Gasteiger charge is 2.33. The van der Waals surface area contributed by atoms with Crippen LogP contribution in [0.5, 0.6) is 0 Å². The first-order valence-electron chi connectivity index (χ1n) is 7.98. The number of nitrogens with one attached hydrogen (secondary N) is 1. The summed E-state index contributed by atoms with van der Waals surface area (Å²) in [6.07, 6.45) is 2.60. The molecule has 0 saturated carbocycles. The molecule has 0 radical (unpaired) electrons. The molecule has 3 nitrogen and oxygen atoms in total. The summed E-state index contributed by atoms with van der Waals surface area (Å²) in [6, 6.07) is 15.5. The van der Waals surface area contributed by atoms with E-state index in [2.05, 4.69) is 36.2 Å². The summed E-state index contributed by atoms with van der Waals surface area (Å²) in [5.74, 6) is -0.183. The second-order valence-corrected chi connectivity index (χ2v) is 7.11. The fourth-order valence-electron chi connectivity index (χ4n) is 3.05. The zero-order valence-electron chi connectivity index (χ0n) is 14.1. The average molecular weight is 341 g/mol. The van der Waals surface area contributed by atoms with Gasteiger partial charge in [-0.2, -0.15) is 0 Å². The minimum atomic E-state index is -0.183. The first-order chi connectivity index (χ1) is 11.4. The van der Waals surface area contributed by atoms with E-state index < -0.39 is 0 Å². The molecule has 1 aliphatic heterocycles. The van der Waals surface area contributed by atoms with E-state index in [1.165, 1.54) is 5.56 Å². The molecule has 0 unspecified atom stereocenters. The van der Waals surface area contributed by atoms with Crippen molar-refractivity contribution in [3.8, 4) is 0 Å². The third-order valence-electron chi connectivity index (χ3n) is 4.59. The largest absolute Gasteiger partial charge is 0.368 e. The summed E-state index contributed by atoms with van der Waals surface area (Å²) in [6.45, 7) is 4.37. The molecule has 2 aromatic rings. The van der Waals surface area contributed by atoms with E-state index >= 15 is 0 Å². The molecule has 1 amide bonds. The maximum Gasteiger partial charge on any atom is 0.250 e. The monoisotopic (exact) mass is 340 g/mol. The predicted octanol–water partition coefficient (Wildman–Crippen LogP) is 4.59. The summed E-state index contributed by atoms with van der Waals surface area (Å²) >= 11 is 6.12. The summed E-state index contributed by atoms with van der Waals surface area (Å²) in [5, 5.41) is 3.39. The van der Waals surface area contributed by atoms with Crippen molar-refractivity contribution >= 4 is 28.9 Å². The van der Waals surface area contributed by atoms with Crippen LogP contribution < -0.4 is 5.32 Å². The average Bonchev–Trinajstić information content (AvgIpc) is 2.54. The minimum Gasteiger partial charge on any atom is -0.368 e. The van der Waals surface area contributed by atoms with Gasteiger partial charge in [0.1, 0.15) is 0 Å². The number of likely N-dealkylation sites (N-methyl/N-ethyl adjacent to an activating group) is 1. The molecule has 1 N–H and O–H groups in total. The molecule has 24 heavy (non-hydrogen) atoms. The number of para-hydroxylation sites is 1. The van der Waals surface area contributed by atoms with Crippen molar-refractivity contribution in [3.05, 3.63) is 70.8 Å². The minimum absolute atomic E-state index is 0.0507. The van der Waals surface area contributed by atoms with Gasteiger partial charge in [-0.05, 0) is 38.0 Å². The summed E-state index contributed by atoms with van der Waals surface area (Å²) < 4.78 is 0. The lowest BCUT2D eigenvalue weighted by molar-refractivity contribution is -0.111. The van der Waals surface area contributed by atoms with Crippen molar-refractivity contribution in [2.45, 2.75) is 25.8 Å². The van der Waals surface area contributed by atoms with Crippen LogP contribution >= 0.6 is 11.6 Å². The number of halogens is 1. The lowest BCUT2D eigenvalue weighted by Crippen LogP contribution is -2.45. The zero-order valence-corrected chi connectivity index (χ0v) is 14.9. The number of benzene rings is 2. The lowest BCUT2D eigenvalue weighted by atomic mass is 9.84. The number of anilines is 1. The third-order valence-corrected chi connectivity index (χ3v) is 4.91. The van der Waals surface area contributed by atoms with Gasteiger partial charge in [0.05, 0.1) is 10.7 Å². The van der Waals surface area contributed by atoms with Gasteiger partial charge < -0.3 is 10.2 Å². The first kappa shape index (κ1) is 16.6. The molecular weight excluding hydrogens is 320 g/mol. The van der Waals surface area contributed by atoms with Crippen LogP contribution in [0.25, 0.3) is 5.70 Å². The van der Waals surface area contributed by atoms with Gasteiger partial charge in [0, 0.05) is 29.9 Å². The van der Waals surface area contributed by atoms with Crippen molar-refractivity contribution < 1.29 is 4.79 Å². The van der Waals surface area contributed by atoms with E-state index in [-0.39, 0.29) is 11.4 Å². The molecule has 2 aromatic carbocycles. The number of carbonyl (C=O) groups is 1. The van der Waals surface area contributed by atoms with Crippen LogP contribution in [0.15, 0.2) is 54.6 Å². The van der Waals surface area contributed by atoms with Crippen LogP contribution in [-0.4, -0.2) is 23.4 Å². The van der Waals surface area contributed by atoms with Crippen molar-refractivity contribution in [3.63, 3.8) is 0 Å². The van der Waals surface area contributed by atoms with E-state index in [0.717, 1.165) is 17.7 Å². The number of nitrogens with zero attached hydrogens (tertiary/aromatic N) is 1. The summed E-state index contributed by atoms with van der Waals surface area (Å²) in [4.78, 5) is 14.7. The molecule has 0 atom stereocenters. The predicted molar refractivity (Wildman–Crippen MR) is 100 cm³/mol. The highest BCUT2D eigenvalue weighted by molar-refractivity contribution is 6.33. The number of amides is 1. The smallest absolute Gasteiger partial charge is 0.250 e. The Morgan fingerprint density at radius 1 is 1.17 bits per heavy atom. The maximum atomic E-state index is 12.5. The number of hydrogen-bond donors (Lipinski definition) is 1. The number of hydrogen-bond acceptors (Lipinski definition) is 2. The molecule has 4 heteroatoms. The number of fused-ring (bicyclic) bond motifs is 1. The van der Waals surface area contributed by atoms with Crippen LogP contribution in [0.2, 0.25) is 5.02 Å². The SMILES string of the molecule is CN1/C(=C\C(=O)Nc2ccccc2Cl)c2ccccc2CC1(C)C. The number of carbonyl (C=O) groups excluding carboxylic acids is 1. The molecule has 0 saturated heterocycles. The van der Waals surface area contributed by atoms with Crippen molar-refractivity contribution in [1.82, 2.24) is 4.90 Å². The fourth-order valence-corrected chi connectivity index (χ4v) is 3.23. The van der Waals surface area contributed by atoms with Crippen LogP contribution in [-0.2, 0) is 11.2 Å². The van der Waals surface area contributed by atoms with E-state index in [1.807, 2.05) is 31.3 Å². The number of rotatable bonds is 2. The highest BCUT2D eigenvalue weighted by Crippen LogP contribution is 2.36. The van der Waals surface area contributed by atoms with Crippen molar-refractivity contribution in [2.75, 3.05) is 12.4 Å². The molecule has 0 spiro atoms. The standard InChI is InChI=1S/C20H21ClN2O/c1-20(2)13-14-8-4-5-9-15(14)18(23(20)3)12-19(24)22-17-11-7-6-10-16(17)21/h4-12H,13H2,1-3H3,(H,22,24)/b18-12-. The van der Waals surface area contributed by atoms with E-state index in [4.69, 9.17) is 11.6 Å². The van der Waals surface area contributed by atoms with Gasteiger partial charge in [-0.15, -0.1) is 0 Å². The fraction of sp³-hybridized carbons (Fsp3) is 0.250. The van der Waals surface area contributed by atoms with Crippen LogP contribution in [0.4, 0.5) is 5.69 Å². The Labute approximate surface area is 147 Å². The Morgan fingerprint density at radius 2 is 1.83 bits per heavy atom. The maximum absolute atomic E-state index is 12.5. The molecule has 3 rings (SSSR count). The molecule has 0 bridgehead atoms. The van der Waals surface area contributed by atoms with Gasteiger partial charge in [-0.3, -0.25) is 4.79 Å². The van der Waals surface area contributed by atoms with Gasteiger partial charge >= 0.3 is 0 Å². The van der Waals surface area contributed by atoms with Gasteiger partial charge in [-0.1, -0.05) is 48.0 Å². The Balaban J connectivity index is 1.96. The second kappa shape index (κ2) is 6.33. The Hall–Kier alpha value is -2.26. The van der Waals surface area contributed by atoms with E-state index in [0.29, 0.717) is 10.7 Å².